The molecule has 2 aliphatic heterocycles. The van der Waals surface area contributed by atoms with Gasteiger partial charge >= 0.3 is 0 Å². The topological polar surface area (TPSA) is 59.8 Å². The Hall–Kier alpha value is -3.06. The Balaban J connectivity index is 1.16. The van der Waals surface area contributed by atoms with E-state index in [1.807, 2.05) is 11.8 Å². The zero-order chi connectivity index (χ0) is 24.9. The number of piperidine rings is 1. The van der Waals surface area contributed by atoms with Gasteiger partial charge in [0.05, 0.1) is 13.2 Å². The van der Waals surface area contributed by atoms with Crippen LogP contribution in [-0.2, 0) is 0 Å². The summed E-state index contributed by atoms with van der Waals surface area (Å²) in [7, 11) is 0. The average Bonchev–Trinajstić information content (AvgIpc) is 3.52. The normalized spacial score (nSPS) is 19.2. The van der Waals surface area contributed by atoms with E-state index in [0.29, 0.717) is 30.1 Å². The van der Waals surface area contributed by atoms with E-state index in [9.17, 15) is 4.79 Å². The number of benzene rings is 1. The minimum atomic E-state index is 0.00310. The smallest absolute Gasteiger partial charge is 0.259 e. The van der Waals surface area contributed by atoms with E-state index in [0.717, 1.165) is 51.3 Å². The van der Waals surface area contributed by atoms with E-state index < -0.39 is 0 Å². The van der Waals surface area contributed by atoms with Crippen LogP contribution in [-0.4, -0.2) is 70.7 Å². The summed E-state index contributed by atoms with van der Waals surface area (Å²) < 4.78 is 14.0. The monoisotopic (exact) mass is 490 g/mol. The van der Waals surface area contributed by atoms with Crippen LogP contribution in [0.4, 0.5) is 0 Å². The van der Waals surface area contributed by atoms with Crippen LogP contribution in [0.2, 0.25) is 0 Å². The number of pyridine rings is 1. The lowest BCUT2D eigenvalue weighted by Crippen LogP contribution is -2.39. The quantitative estimate of drug-likeness (QED) is 0.388. The molecule has 7 heteroatoms. The van der Waals surface area contributed by atoms with Gasteiger partial charge in [-0.1, -0.05) is 0 Å². The van der Waals surface area contributed by atoms with Crippen molar-refractivity contribution in [3.05, 3.63) is 54.4 Å². The van der Waals surface area contributed by atoms with Crippen molar-refractivity contribution in [2.75, 3.05) is 39.4 Å². The number of ether oxygens (including phenoxy) is 2. The maximum absolute atomic E-state index is 13.1. The molecule has 36 heavy (non-hydrogen) atoms. The molecule has 2 aliphatic rings. The highest BCUT2D eigenvalue weighted by molar-refractivity contribution is 5.96. The minimum absolute atomic E-state index is 0.00310. The van der Waals surface area contributed by atoms with Crippen LogP contribution in [0.3, 0.4) is 0 Å². The Morgan fingerprint density at radius 2 is 1.94 bits per heavy atom. The number of hydrogen-bond donors (Lipinski definition) is 0. The fraction of sp³-hybridized carbons (Fsp3) is 0.517. The van der Waals surface area contributed by atoms with Crippen LogP contribution in [0.15, 0.2) is 48.8 Å². The molecule has 1 aromatic carbocycles. The number of carbonyl (C=O) groups excluding carboxylic acids is 1. The first-order valence-corrected chi connectivity index (χ1v) is 13.5. The van der Waals surface area contributed by atoms with Gasteiger partial charge in [-0.05, 0) is 88.9 Å². The van der Waals surface area contributed by atoms with E-state index in [2.05, 4.69) is 51.8 Å². The van der Waals surface area contributed by atoms with Crippen molar-refractivity contribution in [1.29, 1.82) is 0 Å². The molecule has 0 saturated carbocycles. The molecule has 2 fully saturated rings. The molecule has 0 N–H and O–H groups in total. The lowest BCUT2D eigenvalue weighted by molar-refractivity contribution is 0.0691. The van der Waals surface area contributed by atoms with Gasteiger partial charge in [0.25, 0.3) is 5.91 Å². The van der Waals surface area contributed by atoms with Gasteiger partial charge in [0, 0.05) is 55.0 Å². The van der Waals surface area contributed by atoms with Gasteiger partial charge in [0.1, 0.15) is 11.3 Å². The summed E-state index contributed by atoms with van der Waals surface area (Å²) in [6, 6.07) is 13.3. The van der Waals surface area contributed by atoms with Crippen molar-refractivity contribution in [1.82, 2.24) is 19.4 Å². The maximum Gasteiger partial charge on any atom is 0.259 e. The van der Waals surface area contributed by atoms with Crippen LogP contribution >= 0.6 is 0 Å². The summed E-state index contributed by atoms with van der Waals surface area (Å²) in [4.78, 5) is 21.9. The number of hydrogen-bond acceptors (Lipinski definition) is 5. The molecule has 0 bridgehead atoms. The largest absolute Gasteiger partial charge is 0.494 e. The molecular weight excluding hydrogens is 452 g/mol. The summed E-state index contributed by atoms with van der Waals surface area (Å²) in [6.07, 6.45) is 9.40. The molecule has 0 aliphatic carbocycles. The first-order valence-electron chi connectivity index (χ1n) is 13.5. The van der Waals surface area contributed by atoms with Gasteiger partial charge in [0.2, 0.25) is 5.88 Å². The summed E-state index contributed by atoms with van der Waals surface area (Å²) in [5.74, 6) is 1.37. The summed E-state index contributed by atoms with van der Waals surface area (Å²) in [6.45, 7) is 9.27. The molecule has 0 radical (unpaired) electrons. The van der Waals surface area contributed by atoms with Crippen molar-refractivity contribution in [3.63, 3.8) is 0 Å². The standard InChI is InChI=1S/C29H38N4O3/c1-3-35-28-26(8-4-14-30-28)29(34)32-17-12-24(13-18-32)33-19-11-23-21-25(9-10-27(23)33)36-20-6-16-31-15-5-7-22(31)2/h4,8-11,14,19,21-22,24H,3,5-7,12-13,15-18,20H2,1-2H3/t22-/m1/s1. The summed E-state index contributed by atoms with van der Waals surface area (Å²) in [5.41, 5.74) is 1.77. The van der Waals surface area contributed by atoms with E-state index in [1.165, 1.54) is 30.3 Å². The molecule has 2 saturated heterocycles. The third kappa shape index (κ3) is 5.36. The highest BCUT2D eigenvalue weighted by atomic mass is 16.5. The molecule has 4 heterocycles. The predicted octanol–water partition coefficient (Wildman–Crippen LogP) is 5.17. The fourth-order valence-electron chi connectivity index (χ4n) is 5.66. The average molecular weight is 491 g/mol. The Morgan fingerprint density at radius 1 is 1.08 bits per heavy atom. The molecule has 3 aromatic rings. The molecule has 1 amide bonds. The van der Waals surface area contributed by atoms with Gasteiger partial charge in [-0.2, -0.15) is 0 Å². The number of likely N-dealkylation sites (tertiary alicyclic amines) is 2. The molecule has 0 unspecified atom stereocenters. The Bertz CT molecular complexity index is 1170. The van der Waals surface area contributed by atoms with Crippen molar-refractivity contribution < 1.29 is 14.3 Å². The van der Waals surface area contributed by atoms with Gasteiger partial charge in [-0.25, -0.2) is 4.98 Å². The van der Waals surface area contributed by atoms with Crippen molar-refractivity contribution >= 4 is 16.8 Å². The molecule has 5 rings (SSSR count). The van der Waals surface area contributed by atoms with Gasteiger partial charge in [-0.3, -0.25) is 4.79 Å². The summed E-state index contributed by atoms with van der Waals surface area (Å²) >= 11 is 0. The molecule has 0 spiro atoms. The summed E-state index contributed by atoms with van der Waals surface area (Å²) in [5, 5.41) is 1.20. The van der Waals surface area contributed by atoms with Gasteiger partial charge in [-0.15, -0.1) is 0 Å². The third-order valence-electron chi connectivity index (χ3n) is 7.67. The number of nitrogens with zero attached hydrogens (tertiary/aromatic N) is 4. The predicted molar refractivity (Wildman–Crippen MR) is 142 cm³/mol. The number of amides is 1. The van der Waals surface area contributed by atoms with E-state index in [1.54, 1.807) is 18.3 Å². The maximum atomic E-state index is 13.1. The van der Waals surface area contributed by atoms with Gasteiger partial charge < -0.3 is 23.8 Å². The second-order valence-electron chi connectivity index (χ2n) is 9.99. The minimum Gasteiger partial charge on any atom is -0.494 e. The molecule has 2 aromatic heterocycles. The van der Waals surface area contributed by atoms with Crippen LogP contribution in [0.5, 0.6) is 11.6 Å². The SMILES string of the molecule is CCOc1ncccc1C(=O)N1CCC(n2ccc3cc(OCCCN4CCC[C@H]4C)ccc32)CC1. The van der Waals surface area contributed by atoms with E-state index in [-0.39, 0.29) is 5.91 Å². The molecule has 192 valence electrons. The zero-order valence-electron chi connectivity index (χ0n) is 21.6. The van der Waals surface area contributed by atoms with Crippen LogP contribution < -0.4 is 9.47 Å². The van der Waals surface area contributed by atoms with Crippen molar-refractivity contribution in [3.8, 4) is 11.6 Å². The lowest BCUT2D eigenvalue weighted by atomic mass is 10.0. The Morgan fingerprint density at radius 3 is 2.72 bits per heavy atom. The fourth-order valence-corrected chi connectivity index (χ4v) is 5.66. The Kier molecular flexibility index (Phi) is 7.75. The number of fused-ring (bicyclic) bond motifs is 1. The van der Waals surface area contributed by atoms with Gasteiger partial charge in [0.15, 0.2) is 0 Å². The first-order chi connectivity index (χ1) is 17.6. The number of carbonyl (C=O) groups is 1. The van der Waals surface area contributed by atoms with E-state index >= 15 is 0 Å². The highest BCUT2D eigenvalue weighted by Gasteiger charge is 2.27. The third-order valence-corrected chi connectivity index (χ3v) is 7.67. The zero-order valence-corrected chi connectivity index (χ0v) is 21.6. The van der Waals surface area contributed by atoms with Crippen LogP contribution in [0.1, 0.15) is 62.4 Å². The van der Waals surface area contributed by atoms with Crippen LogP contribution in [0, 0.1) is 0 Å². The second-order valence-corrected chi connectivity index (χ2v) is 9.99. The molecule has 1 atom stereocenters. The molecule has 7 nitrogen and oxygen atoms in total. The first kappa shape index (κ1) is 24.6. The van der Waals surface area contributed by atoms with Crippen molar-refractivity contribution in [2.24, 2.45) is 0 Å². The Labute approximate surface area is 214 Å². The lowest BCUT2D eigenvalue weighted by Gasteiger charge is -2.33. The van der Waals surface area contributed by atoms with Crippen molar-refractivity contribution in [2.45, 2.75) is 58.0 Å². The molecular formula is C29H38N4O3. The second kappa shape index (κ2) is 11.3. The highest BCUT2D eigenvalue weighted by Crippen LogP contribution is 2.31. The number of aromatic nitrogens is 2. The van der Waals surface area contributed by atoms with Crippen LogP contribution in [0.25, 0.3) is 10.9 Å². The number of rotatable bonds is 9. The van der Waals surface area contributed by atoms with E-state index in [4.69, 9.17) is 9.47 Å².